The molecule has 2 heterocycles. The first-order valence-electron chi connectivity index (χ1n) is 8.67. The number of alkyl halides is 2. The lowest BCUT2D eigenvalue weighted by Gasteiger charge is -2.07. The quantitative estimate of drug-likeness (QED) is 0.556. The first-order valence-corrected chi connectivity index (χ1v) is 8.53. The van der Waals surface area contributed by atoms with Crippen molar-refractivity contribution < 1.29 is 27.1 Å². The number of thioether (sulfide) groups is 1. The molecular formula is C16H14ClF2N3O3S. The van der Waals surface area contributed by atoms with Gasteiger partial charge >= 0.3 is 0 Å². The predicted octanol–water partition coefficient (Wildman–Crippen LogP) is 4.52. The van der Waals surface area contributed by atoms with E-state index in [0.717, 1.165) is 0 Å². The molecule has 26 heavy (non-hydrogen) atoms. The third-order valence-corrected chi connectivity index (χ3v) is 4.50. The Kier molecular flexibility index (Phi) is 4.81. The summed E-state index contributed by atoms with van der Waals surface area (Å²) in [6.45, 7) is -2.14. The average molecular weight is 405 g/mol. The van der Waals surface area contributed by atoms with E-state index in [-0.39, 0.29) is 28.0 Å². The Hall–Kier alpha value is -2.26. The third-order valence-electron chi connectivity index (χ3n) is 3.32. The molecule has 0 bridgehead atoms. The minimum atomic E-state index is -2.68. The molecule has 6 nitrogen and oxygen atoms in total. The van der Waals surface area contributed by atoms with E-state index in [1.807, 2.05) is 0 Å². The summed E-state index contributed by atoms with van der Waals surface area (Å²) in [4.78, 5) is 11.4. The fourth-order valence-corrected chi connectivity index (χ4v) is 3.25. The van der Waals surface area contributed by atoms with Crippen LogP contribution in [0.3, 0.4) is 0 Å². The van der Waals surface area contributed by atoms with E-state index < -0.39 is 20.8 Å². The number of nitrogens with zero attached hydrogens (tertiary/aromatic N) is 2. The van der Waals surface area contributed by atoms with Crippen LogP contribution in [0.25, 0.3) is 11.0 Å². The largest absolute Gasteiger partial charge is 0.493 e. The molecule has 3 rings (SSSR count). The molecule has 1 aromatic carbocycles. The summed E-state index contributed by atoms with van der Waals surface area (Å²) >= 11 is 7.22. The number of ether oxygens (including phenoxy) is 3. The van der Waals surface area contributed by atoms with Gasteiger partial charge in [-0.3, -0.25) is 4.98 Å². The van der Waals surface area contributed by atoms with Crippen LogP contribution in [0.15, 0.2) is 29.6 Å². The first-order chi connectivity index (χ1) is 13.8. The van der Waals surface area contributed by atoms with Gasteiger partial charge in [-0.05, 0) is 6.07 Å². The molecule has 0 atom stereocenters. The van der Waals surface area contributed by atoms with Crippen molar-refractivity contribution in [3.63, 3.8) is 0 Å². The number of aromatic amines is 1. The Balaban J connectivity index is 1.86. The van der Waals surface area contributed by atoms with Crippen molar-refractivity contribution in [2.24, 2.45) is 0 Å². The molecule has 0 fully saturated rings. The van der Waals surface area contributed by atoms with Crippen LogP contribution in [0.4, 0.5) is 8.78 Å². The number of hydrogen-bond donors (Lipinski definition) is 1. The Morgan fingerprint density at radius 1 is 1.31 bits per heavy atom. The minimum Gasteiger partial charge on any atom is -0.493 e. The molecule has 0 aliphatic rings. The average Bonchev–Trinajstić information content (AvgIpc) is 3.05. The van der Waals surface area contributed by atoms with Crippen molar-refractivity contribution in [3.8, 4) is 17.2 Å². The number of benzene rings is 1. The summed E-state index contributed by atoms with van der Waals surface area (Å²) in [5, 5.41) is 0.519. The molecule has 0 aliphatic carbocycles. The van der Waals surface area contributed by atoms with Gasteiger partial charge in [-0.25, -0.2) is 13.8 Å². The zero-order chi connectivity index (χ0) is 21.0. The van der Waals surface area contributed by atoms with Gasteiger partial charge < -0.3 is 19.2 Å². The molecule has 1 N–H and O–H groups in total. The van der Waals surface area contributed by atoms with Crippen LogP contribution in [-0.4, -0.2) is 35.7 Å². The molecule has 0 radical (unpaired) electrons. The lowest BCUT2D eigenvalue weighted by Crippen LogP contribution is -1.95. The monoisotopic (exact) mass is 404 g/mol. The number of fused-ring (bicyclic) bond motifs is 1. The van der Waals surface area contributed by atoms with Crippen molar-refractivity contribution in [3.05, 3.63) is 35.1 Å². The second kappa shape index (κ2) is 8.41. The van der Waals surface area contributed by atoms with E-state index in [4.69, 9.17) is 29.9 Å². The van der Waals surface area contributed by atoms with E-state index in [9.17, 15) is 8.78 Å². The highest BCUT2D eigenvalue weighted by molar-refractivity contribution is 7.98. The smallest absolute Gasteiger partial charge is 0.228 e. The second-order valence-corrected chi connectivity index (χ2v) is 6.19. The molecular weight excluding hydrogens is 388 g/mol. The summed E-state index contributed by atoms with van der Waals surface area (Å²) in [7, 11) is -2.68. The molecule has 0 unspecified atom stereocenters. The number of halogens is 3. The van der Waals surface area contributed by atoms with Crippen molar-refractivity contribution in [2.75, 3.05) is 20.8 Å². The van der Waals surface area contributed by atoms with Crippen LogP contribution in [0.5, 0.6) is 17.2 Å². The SMILES string of the molecule is [2H]C([2H])([2H])Oc1c(Cl)ccnc1CSc1nc2cc(OCF)cc(OCF)c2[nH]1. The van der Waals surface area contributed by atoms with Crippen LogP contribution in [0, 0.1) is 0 Å². The Morgan fingerprint density at radius 3 is 2.92 bits per heavy atom. The van der Waals surface area contributed by atoms with E-state index in [1.165, 1.54) is 36.2 Å². The second-order valence-electron chi connectivity index (χ2n) is 4.82. The number of imidazole rings is 1. The minimum absolute atomic E-state index is 0.0436. The van der Waals surface area contributed by atoms with Crippen LogP contribution in [0.2, 0.25) is 5.02 Å². The third kappa shape index (κ3) is 3.94. The zero-order valence-electron chi connectivity index (χ0n) is 16.1. The molecule has 2 aromatic heterocycles. The van der Waals surface area contributed by atoms with E-state index in [0.29, 0.717) is 21.9 Å². The Morgan fingerprint density at radius 2 is 2.15 bits per heavy atom. The van der Waals surface area contributed by atoms with Gasteiger partial charge in [0.1, 0.15) is 11.3 Å². The number of rotatable bonds is 8. The molecule has 10 heteroatoms. The van der Waals surface area contributed by atoms with Crippen molar-refractivity contribution in [2.45, 2.75) is 10.9 Å². The highest BCUT2D eigenvalue weighted by Gasteiger charge is 2.14. The van der Waals surface area contributed by atoms with Crippen LogP contribution in [-0.2, 0) is 5.75 Å². The summed E-state index contributed by atoms with van der Waals surface area (Å²) < 4.78 is 61.6. The van der Waals surface area contributed by atoms with Gasteiger partial charge in [-0.15, -0.1) is 0 Å². The van der Waals surface area contributed by atoms with Crippen LogP contribution < -0.4 is 14.2 Å². The van der Waals surface area contributed by atoms with Crippen molar-refractivity contribution >= 4 is 34.4 Å². The number of nitrogens with one attached hydrogen (secondary N) is 1. The maximum atomic E-state index is 12.7. The van der Waals surface area contributed by atoms with Gasteiger partial charge in [-0.1, -0.05) is 23.4 Å². The Labute approximate surface area is 161 Å². The van der Waals surface area contributed by atoms with Gasteiger partial charge in [0.15, 0.2) is 16.7 Å². The molecule has 0 amide bonds. The summed E-state index contributed by atoms with van der Waals surface area (Å²) in [5.74, 6) is 0.383. The maximum absolute atomic E-state index is 12.7. The highest BCUT2D eigenvalue weighted by atomic mass is 35.5. The van der Waals surface area contributed by atoms with E-state index >= 15 is 0 Å². The zero-order valence-corrected chi connectivity index (χ0v) is 14.7. The van der Waals surface area contributed by atoms with Crippen molar-refractivity contribution in [1.82, 2.24) is 15.0 Å². The molecule has 0 aliphatic heterocycles. The number of hydrogen-bond acceptors (Lipinski definition) is 6. The topological polar surface area (TPSA) is 69.3 Å². The van der Waals surface area contributed by atoms with Gasteiger partial charge in [0.2, 0.25) is 13.7 Å². The maximum Gasteiger partial charge on any atom is 0.228 e. The highest BCUT2D eigenvalue weighted by Crippen LogP contribution is 2.34. The number of methoxy groups -OCH3 is 1. The Bertz CT molecular complexity index is 1010. The molecule has 0 spiro atoms. The fraction of sp³-hybridized carbons (Fsp3) is 0.250. The van der Waals surface area contributed by atoms with E-state index in [1.54, 1.807) is 0 Å². The molecule has 0 saturated heterocycles. The normalized spacial score (nSPS) is 13.1. The van der Waals surface area contributed by atoms with Gasteiger partial charge in [0, 0.05) is 24.1 Å². The number of pyridine rings is 1. The summed E-state index contributed by atoms with van der Waals surface area (Å²) in [6, 6.07) is 4.24. The fourth-order valence-electron chi connectivity index (χ4n) is 2.23. The standard InChI is InChI=1S/C16H14ClF2N3O3S/c1-23-15-10(17)2-3-20-12(15)6-26-16-21-11-4-9(24-7-18)5-13(25-8-19)14(11)22-16/h2-5H,6-8H2,1H3,(H,21,22)/i1D3. The number of H-pyrrole nitrogens is 1. The molecule has 0 saturated carbocycles. The summed E-state index contributed by atoms with van der Waals surface area (Å²) in [5.41, 5.74) is 1.08. The summed E-state index contributed by atoms with van der Waals surface area (Å²) in [6.07, 6.45) is 1.43. The lowest BCUT2D eigenvalue weighted by molar-refractivity contribution is 0.183. The van der Waals surface area contributed by atoms with Crippen LogP contribution >= 0.6 is 23.4 Å². The lowest BCUT2D eigenvalue weighted by atomic mass is 10.3. The van der Waals surface area contributed by atoms with Gasteiger partial charge in [0.05, 0.1) is 27.4 Å². The van der Waals surface area contributed by atoms with E-state index in [2.05, 4.69) is 15.0 Å². The molecule has 3 aromatic rings. The van der Waals surface area contributed by atoms with Crippen molar-refractivity contribution in [1.29, 1.82) is 0 Å². The van der Waals surface area contributed by atoms with Gasteiger partial charge in [-0.2, -0.15) is 0 Å². The first kappa shape index (κ1) is 14.9. The van der Waals surface area contributed by atoms with Gasteiger partial charge in [0.25, 0.3) is 0 Å². The predicted molar refractivity (Wildman–Crippen MR) is 94.7 cm³/mol. The van der Waals surface area contributed by atoms with Crippen LogP contribution in [0.1, 0.15) is 9.81 Å². The number of aromatic nitrogens is 3. The molecule has 138 valence electrons.